The van der Waals surface area contributed by atoms with E-state index in [1.54, 1.807) is 0 Å². The van der Waals surface area contributed by atoms with Crippen LogP contribution >= 0.6 is 11.3 Å². The summed E-state index contributed by atoms with van der Waals surface area (Å²) in [5.41, 5.74) is 0. The molecule has 78 valence electrons. The van der Waals surface area contributed by atoms with E-state index in [-0.39, 0.29) is 5.01 Å². The fraction of sp³-hybridized carbons (Fsp3) is 0.750. The van der Waals surface area contributed by atoms with Gasteiger partial charge in [-0.2, -0.15) is 0 Å². The smallest absolute Gasteiger partial charge is 0.291 e. The fourth-order valence-electron chi connectivity index (χ4n) is 1.32. The third-order valence-electron chi connectivity index (χ3n) is 2.39. The van der Waals surface area contributed by atoms with Crippen molar-refractivity contribution in [3.8, 4) is 0 Å². The first-order chi connectivity index (χ1) is 6.75. The van der Waals surface area contributed by atoms with Crippen molar-refractivity contribution in [1.82, 2.24) is 10.2 Å². The molecular weight excluding hydrogens is 208 g/mol. The van der Waals surface area contributed by atoms with E-state index in [4.69, 9.17) is 0 Å². The van der Waals surface area contributed by atoms with Gasteiger partial charge in [-0.3, -0.25) is 0 Å². The number of hydrogen-bond donors (Lipinski definition) is 1. The van der Waals surface area contributed by atoms with E-state index in [2.05, 4.69) is 15.5 Å². The molecule has 1 aromatic heterocycles. The number of halogens is 2. The van der Waals surface area contributed by atoms with Crippen molar-refractivity contribution in [3.63, 3.8) is 0 Å². The first-order valence-corrected chi connectivity index (χ1v) is 5.43. The predicted molar refractivity (Wildman–Crippen MR) is 50.7 cm³/mol. The van der Waals surface area contributed by atoms with Gasteiger partial charge in [0.2, 0.25) is 5.13 Å². The highest BCUT2D eigenvalue weighted by atomic mass is 32.1. The number of rotatable bonds is 4. The Labute approximate surface area is 84.5 Å². The second-order valence-electron chi connectivity index (χ2n) is 3.42. The molecule has 1 saturated carbocycles. The van der Waals surface area contributed by atoms with Crippen molar-refractivity contribution < 1.29 is 8.78 Å². The molecule has 0 amide bonds. The zero-order chi connectivity index (χ0) is 9.97. The predicted octanol–water partition coefficient (Wildman–Crippen LogP) is 2.69. The van der Waals surface area contributed by atoms with Crippen molar-refractivity contribution in [2.45, 2.75) is 25.7 Å². The molecule has 3 nitrogen and oxygen atoms in total. The van der Waals surface area contributed by atoms with Gasteiger partial charge in [0.15, 0.2) is 5.01 Å². The van der Waals surface area contributed by atoms with Gasteiger partial charge in [0.1, 0.15) is 0 Å². The monoisotopic (exact) mass is 219 g/mol. The van der Waals surface area contributed by atoms with Gasteiger partial charge in [-0.1, -0.05) is 17.8 Å². The van der Waals surface area contributed by atoms with Gasteiger partial charge in [-0.25, -0.2) is 8.78 Å². The zero-order valence-electron chi connectivity index (χ0n) is 7.54. The summed E-state index contributed by atoms with van der Waals surface area (Å²) in [7, 11) is 0. The zero-order valence-corrected chi connectivity index (χ0v) is 8.36. The summed E-state index contributed by atoms with van der Waals surface area (Å²) in [6.45, 7) is 0.831. The van der Waals surface area contributed by atoms with Crippen LogP contribution in [0.25, 0.3) is 0 Å². The van der Waals surface area contributed by atoms with Gasteiger partial charge in [0, 0.05) is 6.54 Å². The topological polar surface area (TPSA) is 37.8 Å². The summed E-state index contributed by atoms with van der Waals surface area (Å²) in [6, 6.07) is 0. The van der Waals surface area contributed by atoms with Gasteiger partial charge < -0.3 is 5.32 Å². The number of anilines is 1. The number of alkyl halides is 2. The largest absolute Gasteiger partial charge is 0.360 e. The SMILES string of the molecule is FC(F)c1nnc(NCC2CCC2)s1. The van der Waals surface area contributed by atoms with Crippen LogP contribution in [-0.4, -0.2) is 16.7 Å². The fourth-order valence-corrected chi connectivity index (χ4v) is 1.93. The first kappa shape index (κ1) is 9.76. The molecule has 0 radical (unpaired) electrons. The van der Waals surface area contributed by atoms with Crippen molar-refractivity contribution in [3.05, 3.63) is 5.01 Å². The normalized spacial score (nSPS) is 17.1. The highest BCUT2D eigenvalue weighted by Gasteiger charge is 2.18. The Hall–Kier alpha value is -0.780. The molecule has 0 unspecified atom stereocenters. The molecule has 1 aliphatic rings. The molecule has 0 aliphatic heterocycles. The molecule has 1 N–H and O–H groups in total. The summed E-state index contributed by atoms with van der Waals surface area (Å²) < 4.78 is 24.3. The summed E-state index contributed by atoms with van der Waals surface area (Å²) in [5, 5.41) is 10.4. The van der Waals surface area contributed by atoms with Crippen LogP contribution in [0.1, 0.15) is 30.7 Å². The van der Waals surface area contributed by atoms with Gasteiger partial charge in [-0.15, -0.1) is 10.2 Å². The standard InChI is InChI=1S/C8H11F2N3S/c9-6(10)7-12-13-8(14-7)11-4-5-2-1-3-5/h5-6H,1-4H2,(H,11,13). The number of nitrogens with one attached hydrogen (secondary N) is 1. The van der Waals surface area contributed by atoms with E-state index >= 15 is 0 Å². The Balaban J connectivity index is 1.83. The Morgan fingerprint density at radius 1 is 1.43 bits per heavy atom. The summed E-state index contributed by atoms with van der Waals surface area (Å²) in [5.74, 6) is 0.689. The maximum Gasteiger partial charge on any atom is 0.291 e. The lowest BCUT2D eigenvalue weighted by atomic mass is 9.86. The Morgan fingerprint density at radius 3 is 2.71 bits per heavy atom. The van der Waals surface area contributed by atoms with Gasteiger partial charge in [0.05, 0.1) is 0 Å². The minimum Gasteiger partial charge on any atom is -0.360 e. The molecule has 1 heterocycles. The third-order valence-corrected chi connectivity index (χ3v) is 3.28. The molecular formula is C8H11F2N3S. The molecule has 14 heavy (non-hydrogen) atoms. The minimum absolute atomic E-state index is 0.207. The molecule has 0 atom stereocenters. The van der Waals surface area contributed by atoms with E-state index in [0.29, 0.717) is 11.0 Å². The Morgan fingerprint density at radius 2 is 2.21 bits per heavy atom. The van der Waals surface area contributed by atoms with Crippen molar-refractivity contribution in [2.24, 2.45) is 5.92 Å². The van der Waals surface area contributed by atoms with Gasteiger partial charge >= 0.3 is 0 Å². The molecule has 0 aromatic carbocycles. The van der Waals surface area contributed by atoms with Crippen molar-refractivity contribution in [1.29, 1.82) is 0 Å². The van der Waals surface area contributed by atoms with Crippen LogP contribution in [0.2, 0.25) is 0 Å². The van der Waals surface area contributed by atoms with Crippen LogP contribution in [0.5, 0.6) is 0 Å². The summed E-state index contributed by atoms with van der Waals surface area (Å²) in [4.78, 5) is 0. The molecule has 0 bridgehead atoms. The maximum atomic E-state index is 12.1. The Bertz CT molecular complexity index is 299. The highest BCUT2D eigenvalue weighted by molar-refractivity contribution is 7.15. The van der Waals surface area contributed by atoms with E-state index in [0.717, 1.165) is 17.9 Å². The molecule has 1 aromatic rings. The summed E-state index contributed by atoms with van der Waals surface area (Å²) >= 11 is 0.934. The average molecular weight is 219 g/mol. The quantitative estimate of drug-likeness (QED) is 0.846. The Kier molecular flexibility index (Phi) is 2.90. The average Bonchev–Trinajstić information content (AvgIpc) is 2.50. The van der Waals surface area contributed by atoms with Crippen LogP contribution in [0.3, 0.4) is 0 Å². The second-order valence-corrected chi connectivity index (χ2v) is 4.43. The van der Waals surface area contributed by atoms with Crippen LogP contribution in [0.15, 0.2) is 0 Å². The molecule has 1 aliphatic carbocycles. The van der Waals surface area contributed by atoms with E-state index in [1.165, 1.54) is 19.3 Å². The lowest BCUT2D eigenvalue weighted by Gasteiger charge is -2.24. The maximum absolute atomic E-state index is 12.1. The van der Waals surface area contributed by atoms with Crippen LogP contribution in [0, 0.1) is 5.92 Å². The lowest BCUT2D eigenvalue weighted by Crippen LogP contribution is -2.20. The highest BCUT2D eigenvalue weighted by Crippen LogP contribution is 2.28. The van der Waals surface area contributed by atoms with Crippen molar-refractivity contribution >= 4 is 16.5 Å². The van der Waals surface area contributed by atoms with E-state index < -0.39 is 6.43 Å². The molecule has 0 spiro atoms. The molecule has 1 fully saturated rings. The van der Waals surface area contributed by atoms with Crippen LogP contribution in [0.4, 0.5) is 13.9 Å². The molecule has 2 rings (SSSR count). The minimum atomic E-state index is -2.51. The molecule has 6 heteroatoms. The molecule has 0 saturated heterocycles. The lowest BCUT2D eigenvalue weighted by molar-refractivity contribution is 0.150. The van der Waals surface area contributed by atoms with E-state index in [9.17, 15) is 8.78 Å². The van der Waals surface area contributed by atoms with Crippen LogP contribution < -0.4 is 5.32 Å². The third kappa shape index (κ3) is 2.17. The number of aromatic nitrogens is 2. The van der Waals surface area contributed by atoms with Gasteiger partial charge in [0.25, 0.3) is 6.43 Å². The first-order valence-electron chi connectivity index (χ1n) is 4.61. The van der Waals surface area contributed by atoms with Crippen LogP contribution in [-0.2, 0) is 0 Å². The van der Waals surface area contributed by atoms with Gasteiger partial charge in [-0.05, 0) is 18.8 Å². The second kappa shape index (κ2) is 4.16. The van der Waals surface area contributed by atoms with E-state index in [1.807, 2.05) is 0 Å². The number of hydrogen-bond acceptors (Lipinski definition) is 4. The number of nitrogens with zero attached hydrogens (tertiary/aromatic N) is 2. The van der Waals surface area contributed by atoms with Crippen molar-refractivity contribution in [2.75, 3.05) is 11.9 Å². The summed E-state index contributed by atoms with van der Waals surface area (Å²) in [6.07, 6.45) is 1.23.